The Morgan fingerprint density at radius 1 is 1.58 bits per heavy atom. The largest absolute Gasteiger partial charge is 0.327 e. The summed E-state index contributed by atoms with van der Waals surface area (Å²) in [5.74, 6) is 0. The van der Waals surface area contributed by atoms with Crippen molar-refractivity contribution in [2.45, 2.75) is 31.7 Å². The summed E-state index contributed by atoms with van der Waals surface area (Å²) in [6, 6.07) is 0.419. The third kappa shape index (κ3) is 3.37. The van der Waals surface area contributed by atoms with E-state index in [1.807, 2.05) is 6.08 Å². The molecule has 1 unspecified atom stereocenters. The molecule has 0 amide bonds. The molecule has 0 spiro atoms. The Kier molecular flexibility index (Phi) is 4.33. The molecule has 2 nitrogen and oxygen atoms in total. The lowest BCUT2D eigenvalue weighted by atomic mass is 10.1. The van der Waals surface area contributed by atoms with E-state index in [-0.39, 0.29) is 0 Å². The second-order valence-electron chi connectivity index (χ2n) is 3.63. The number of nitrogens with zero attached hydrogens (tertiary/aromatic N) is 1. The summed E-state index contributed by atoms with van der Waals surface area (Å²) in [5, 5.41) is 0. The van der Waals surface area contributed by atoms with Gasteiger partial charge in [0.2, 0.25) is 0 Å². The highest BCUT2D eigenvalue weighted by Gasteiger charge is 2.15. The van der Waals surface area contributed by atoms with Crippen LogP contribution in [-0.4, -0.2) is 30.6 Å². The first-order valence-electron chi connectivity index (χ1n) is 4.92. The van der Waals surface area contributed by atoms with Crippen LogP contribution in [0, 0.1) is 0 Å². The van der Waals surface area contributed by atoms with Crippen LogP contribution in [-0.2, 0) is 0 Å². The van der Waals surface area contributed by atoms with E-state index >= 15 is 0 Å². The van der Waals surface area contributed by atoms with E-state index < -0.39 is 0 Å². The molecule has 1 aliphatic rings. The van der Waals surface area contributed by atoms with E-state index in [9.17, 15) is 0 Å². The topological polar surface area (TPSA) is 29.3 Å². The first-order chi connectivity index (χ1) is 5.83. The van der Waals surface area contributed by atoms with Crippen LogP contribution >= 0.6 is 0 Å². The second-order valence-corrected chi connectivity index (χ2v) is 3.63. The van der Waals surface area contributed by atoms with Gasteiger partial charge in [-0.15, -0.1) is 6.58 Å². The standard InChI is InChI=1S/C10H20N2/c1-2-3-4-7-12-8-5-6-10(11)9-12/h2,10H,1,3-9,11H2. The number of hydrogen-bond donors (Lipinski definition) is 1. The zero-order valence-corrected chi connectivity index (χ0v) is 7.84. The fourth-order valence-electron chi connectivity index (χ4n) is 1.75. The van der Waals surface area contributed by atoms with Gasteiger partial charge in [0.25, 0.3) is 0 Å². The lowest BCUT2D eigenvalue weighted by molar-refractivity contribution is 0.207. The average Bonchev–Trinajstić information content (AvgIpc) is 2.05. The fourth-order valence-corrected chi connectivity index (χ4v) is 1.75. The van der Waals surface area contributed by atoms with E-state index in [2.05, 4.69) is 11.5 Å². The summed E-state index contributed by atoms with van der Waals surface area (Å²) in [6.45, 7) is 7.24. The minimum absolute atomic E-state index is 0.419. The van der Waals surface area contributed by atoms with Crippen molar-refractivity contribution in [2.75, 3.05) is 19.6 Å². The van der Waals surface area contributed by atoms with Gasteiger partial charge in [-0.05, 0) is 38.8 Å². The molecule has 0 aromatic rings. The maximum Gasteiger partial charge on any atom is 0.0168 e. The number of nitrogens with two attached hydrogens (primary N) is 1. The molecular formula is C10H20N2. The predicted octanol–water partition coefficient (Wildman–Crippen LogP) is 1.38. The Labute approximate surface area is 75.4 Å². The summed E-state index contributed by atoms with van der Waals surface area (Å²) in [7, 11) is 0. The van der Waals surface area contributed by atoms with Gasteiger partial charge in [0, 0.05) is 12.6 Å². The Balaban J connectivity index is 2.09. The van der Waals surface area contributed by atoms with E-state index in [0.717, 1.165) is 13.0 Å². The van der Waals surface area contributed by atoms with Gasteiger partial charge in [-0.2, -0.15) is 0 Å². The molecule has 1 fully saturated rings. The summed E-state index contributed by atoms with van der Waals surface area (Å²) in [4.78, 5) is 2.47. The number of allylic oxidation sites excluding steroid dienone is 1. The molecule has 0 bridgehead atoms. The maximum absolute atomic E-state index is 5.87. The van der Waals surface area contributed by atoms with Crippen molar-refractivity contribution < 1.29 is 0 Å². The summed E-state index contributed by atoms with van der Waals surface area (Å²) in [6.07, 6.45) is 6.83. The van der Waals surface area contributed by atoms with Crippen LogP contribution in [0.15, 0.2) is 12.7 Å². The molecule has 1 rings (SSSR count). The Morgan fingerprint density at radius 2 is 2.42 bits per heavy atom. The van der Waals surface area contributed by atoms with Crippen LogP contribution in [0.4, 0.5) is 0 Å². The zero-order valence-electron chi connectivity index (χ0n) is 7.84. The number of likely N-dealkylation sites (tertiary alicyclic amines) is 1. The summed E-state index contributed by atoms with van der Waals surface area (Å²) in [5.41, 5.74) is 5.87. The van der Waals surface area contributed by atoms with Gasteiger partial charge in [-0.25, -0.2) is 0 Å². The van der Waals surface area contributed by atoms with Gasteiger partial charge >= 0.3 is 0 Å². The van der Waals surface area contributed by atoms with E-state index in [1.165, 1.54) is 32.4 Å². The molecule has 0 aromatic carbocycles. The van der Waals surface area contributed by atoms with Gasteiger partial charge in [0.1, 0.15) is 0 Å². The normalized spacial score (nSPS) is 25.6. The molecular weight excluding hydrogens is 148 g/mol. The predicted molar refractivity (Wildman–Crippen MR) is 53.1 cm³/mol. The van der Waals surface area contributed by atoms with Gasteiger partial charge in [-0.1, -0.05) is 6.08 Å². The fraction of sp³-hybridized carbons (Fsp3) is 0.800. The summed E-state index contributed by atoms with van der Waals surface area (Å²) >= 11 is 0. The Hall–Kier alpha value is -0.340. The highest BCUT2D eigenvalue weighted by atomic mass is 15.1. The minimum atomic E-state index is 0.419. The molecule has 0 saturated carbocycles. The zero-order chi connectivity index (χ0) is 8.81. The molecule has 1 aliphatic heterocycles. The van der Waals surface area contributed by atoms with Crippen molar-refractivity contribution in [1.82, 2.24) is 4.90 Å². The van der Waals surface area contributed by atoms with Crippen LogP contribution in [0.2, 0.25) is 0 Å². The van der Waals surface area contributed by atoms with Crippen LogP contribution in [0.3, 0.4) is 0 Å². The number of hydrogen-bond acceptors (Lipinski definition) is 2. The Morgan fingerprint density at radius 3 is 3.08 bits per heavy atom. The maximum atomic E-state index is 5.87. The molecule has 12 heavy (non-hydrogen) atoms. The average molecular weight is 168 g/mol. The van der Waals surface area contributed by atoms with Crippen LogP contribution in [0.5, 0.6) is 0 Å². The number of piperidine rings is 1. The molecule has 2 heteroatoms. The SMILES string of the molecule is C=CCCCN1CCCC(N)C1. The molecule has 1 atom stereocenters. The summed E-state index contributed by atoms with van der Waals surface area (Å²) < 4.78 is 0. The highest BCUT2D eigenvalue weighted by Crippen LogP contribution is 2.08. The third-order valence-electron chi connectivity index (χ3n) is 2.42. The van der Waals surface area contributed by atoms with Crippen LogP contribution in [0.1, 0.15) is 25.7 Å². The van der Waals surface area contributed by atoms with Crippen molar-refractivity contribution in [3.05, 3.63) is 12.7 Å². The van der Waals surface area contributed by atoms with E-state index in [0.29, 0.717) is 6.04 Å². The first kappa shape index (κ1) is 9.75. The molecule has 0 aromatic heterocycles. The van der Waals surface area contributed by atoms with Crippen molar-refractivity contribution in [3.63, 3.8) is 0 Å². The molecule has 2 N–H and O–H groups in total. The van der Waals surface area contributed by atoms with Crippen LogP contribution < -0.4 is 5.73 Å². The van der Waals surface area contributed by atoms with Gasteiger partial charge in [0.15, 0.2) is 0 Å². The minimum Gasteiger partial charge on any atom is -0.327 e. The second kappa shape index (κ2) is 5.33. The van der Waals surface area contributed by atoms with Gasteiger partial charge in [-0.3, -0.25) is 0 Å². The van der Waals surface area contributed by atoms with Crippen molar-refractivity contribution >= 4 is 0 Å². The first-order valence-corrected chi connectivity index (χ1v) is 4.92. The third-order valence-corrected chi connectivity index (χ3v) is 2.42. The van der Waals surface area contributed by atoms with Gasteiger partial charge < -0.3 is 10.6 Å². The smallest absolute Gasteiger partial charge is 0.0168 e. The quantitative estimate of drug-likeness (QED) is 0.507. The van der Waals surface area contributed by atoms with E-state index in [1.54, 1.807) is 0 Å². The molecule has 1 heterocycles. The lowest BCUT2D eigenvalue weighted by Crippen LogP contribution is -2.43. The van der Waals surface area contributed by atoms with Crippen molar-refractivity contribution in [2.24, 2.45) is 5.73 Å². The number of unbranched alkanes of at least 4 members (excludes halogenated alkanes) is 1. The number of rotatable bonds is 4. The van der Waals surface area contributed by atoms with Gasteiger partial charge in [0.05, 0.1) is 0 Å². The molecule has 0 aliphatic carbocycles. The molecule has 0 radical (unpaired) electrons. The van der Waals surface area contributed by atoms with Crippen LogP contribution in [0.25, 0.3) is 0 Å². The molecule has 70 valence electrons. The lowest BCUT2D eigenvalue weighted by Gasteiger charge is -2.30. The Bertz CT molecular complexity index is 134. The van der Waals surface area contributed by atoms with Crippen molar-refractivity contribution in [3.8, 4) is 0 Å². The monoisotopic (exact) mass is 168 g/mol. The van der Waals surface area contributed by atoms with E-state index in [4.69, 9.17) is 5.73 Å². The van der Waals surface area contributed by atoms with Crippen molar-refractivity contribution in [1.29, 1.82) is 0 Å². The highest BCUT2D eigenvalue weighted by molar-refractivity contribution is 4.75. The molecule has 1 saturated heterocycles.